The van der Waals surface area contributed by atoms with Crippen LogP contribution in [0.25, 0.3) is 10.8 Å². The minimum absolute atomic E-state index is 0.163. The van der Waals surface area contributed by atoms with Crippen molar-refractivity contribution in [2.75, 3.05) is 5.32 Å². The molecular formula is C14H11N3OS. The van der Waals surface area contributed by atoms with Gasteiger partial charge >= 0.3 is 0 Å². The van der Waals surface area contributed by atoms with Gasteiger partial charge in [0, 0.05) is 11.1 Å². The predicted molar refractivity (Wildman–Crippen MR) is 76.5 cm³/mol. The SMILES string of the molecule is Cc1nnsc1C(=O)Nc1cccc2ccccc12. The van der Waals surface area contributed by atoms with E-state index < -0.39 is 0 Å². The maximum absolute atomic E-state index is 12.2. The van der Waals surface area contributed by atoms with Gasteiger partial charge in [-0.1, -0.05) is 40.9 Å². The van der Waals surface area contributed by atoms with Crippen LogP contribution in [0.3, 0.4) is 0 Å². The summed E-state index contributed by atoms with van der Waals surface area (Å²) in [5.74, 6) is -0.163. The van der Waals surface area contributed by atoms with Crippen molar-refractivity contribution in [1.29, 1.82) is 0 Å². The number of amides is 1. The summed E-state index contributed by atoms with van der Waals surface area (Å²) in [4.78, 5) is 12.7. The average molecular weight is 269 g/mol. The third-order valence-corrected chi connectivity index (χ3v) is 3.72. The fourth-order valence-corrected chi connectivity index (χ4v) is 2.51. The van der Waals surface area contributed by atoms with Gasteiger partial charge in [-0.3, -0.25) is 4.79 Å². The Morgan fingerprint density at radius 3 is 2.74 bits per heavy atom. The average Bonchev–Trinajstić information content (AvgIpc) is 2.85. The third kappa shape index (κ3) is 2.20. The molecule has 4 nitrogen and oxygen atoms in total. The first kappa shape index (κ1) is 11.8. The lowest BCUT2D eigenvalue weighted by atomic mass is 10.1. The van der Waals surface area contributed by atoms with Crippen LogP contribution in [0.2, 0.25) is 0 Å². The highest BCUT2D eigenvalue weighted by atomic mass is 32.1. The summed E-state index contributed by atoms with van der Waals surface area (Å²) in [5, 5.41) is 8.89. The molecule has 0 aliphatic heterocycles. The van der Waals surface area contributed by atoms with Crippen molar-refractivity contribution in [2.24, 2.45) is 0 Å². The fourth-order valence-electron chi connectivity index (χ4n) is 1.95. The Balaban J connectivity index is 1.98. The second-order valence-electron chi connectivity index (χ2n) is 4.17. The van der Waals surface area contributed by atoms with Gasteiger partial charge in [-0.15, -0.1) is 5.10 Å². The van der Waals surface area contributed by atoms with E-state index >= 15 is 0 Å². The molecule has 0 spiro atoms. The second kappa shape index (κ2) is 4.78. The number of carbonyl (C=O) groups is 1. The van der Waals surface area contributed by atoms with E-state index in [-0.39, 0.29) is 5.91 Å². The number of aromatic nitrogens is 2. The first-order valence-electron chi connectivity index (χ1n) is 5.84. The molecule has 0 atom stereocenters. The largest absolute Gasteiger partial charge is 0.321 e. The van der Waals surface area contributed by atoms with Crippen molar-refractivity contribution in [3.05, 3.63) is 53.0 Å². The van der Waals surface area contributed by atoms with E-state index in [0.717, 1.165) is 28.0 Å². The van der Waals surface area contributed by atoms with Crippen LogP contribution in [0.5, 0.6) is 0 Å². The number of benzene rings is 2. The zero-order chi connectivity index (χ0) is 13.2. The molecule has 19 heavy (non-hydrogen) atoms. The summed E-state index contributed by atoms with van der Waals surface area (Å²) in [5.41, 5.74) is 1.46. The van der Waals surface area contributed by atoms with Gasteiger partial charge in [0.15, 0.2) is 0 Å². The van der Waals surface area contributed by atoms with Crippen LogP contribution in [-0.4, -0.2) is 15.5 Å². The van der Waals surface area contributed by atoms with E-state index in [1.807, 2.05) is 42.5 Å². The molecule has 5 heteroatoms. The van der Waals surface area contributed by atoms with Gasteiger partial charge in [0.2, 0.25) is 0 Å². The summed E-state index contributed by atoms with van der Waals surface area (Å²) < 4.78 is 3.78. The zero-order valence-corrected chi connectivity index (χ0v) is 11.1. The number of fused-ring (bicyclic) bond motifs is 1. The van der Waals surface area contributed by atoms with Gasteiger partial charge in [0.1, 0.15) is 4.88 Å². The number of hydrogen-bond acceptors (Lipinski definition) is 4. The Kier molecular flexibility index (Phi) is 2.97. The first-order chi connectivity index (χ1) is 9.25. The van der Waals surface area contributed by atoms with Crippen molar-refractivity contribution in [3.63, 3.8) is 0 Å². The van der Waals surface area contributed by atoms with E-state index in [2.05, 4.69) is 14.9 Å². The minimum Gasteiger partial charge on any atom is -0.321 e. The van der Waals surface area contributed by atoms with E-state index in [1.165, 1.54) is 0 Å². The molecule has 94 valence electrons. The van der Waals surface area contributed by atoms with Gasteiger partial charge in [0.05, 0.1) is 5.69 Å². The fraction of sp³-hybridized carbons (Fsp3) is 0.0714. The van der Waals surface area contributed by atoms with E-state index in [0.29, 0.717) is 10.6 Å². The molecule has 0 saturated carbocycles. The molecule has 1 heterocycles. The molecule has 0 bridgehead atoms. The molecule has 0 saturated heterocycles. The molecule has 1 aromatic heterocycles. The van der Waals surface area contributed by atoms with Crippen molar-refractivity contribution >= 4 is 33.9 Å². The molecule has 1 amide bonds. The standard InChI is InChI=1S/C14H11N3OS/c1-9-13(19-17-16-9)14(18)15-12-8-4-6-10-5-2-3-7-11(10)12/h2-8H,1H3,(H,15,18). The van der Waals surface area contributed by atoms with E-state index in [1.54, 1.807) is 6.92 Å². The lowest BCUT2D eigenvalue weighted by Gasteiger charge is -2.07. The van der Waals surface area contributed by atoms with Gasteiger partial charge in [-0.05, 0) is 29.9 Å². The summed E-state index contributed by atoms with van der Waals surface area (Å²) in [7, 11) is 0. The number of nitrogens with one attached hydrogen (secondary N) is 1. The highest BCUT2D eigenvalue weighted by Crippen LogP contribution is 2.24. The number of nitrogens with zero attached hydrogens (tertiary/aromatic N) is 2. The smallest absolute Gasteiger partial charge is 0.269 e. The molecule has 0 radical (unpaired) electrons. The highest BCUT2D eigenvalue weighted by molar-refractivity contribution is 7.08. The van der Waals surface area contributed by atoms with Gasteiger partial charge in [0.25, 0.3) is 5.91 Å². The summed E-state index contributed by atoms with van der Waals surface area (Å²) in [6, 6.07) is 13.8. The molecule has 1 N–H and O–H groups in total. The molecular weight excluding hydrogens is 258 g/mol. The minimum atomic E-state index is -0.163. The van der Waals surface area contributed by atoms with Crippen LogP contribution in [0.1, 0.15) is 15.4 Å². The van der Waals surface area contributed by atoms with Gasteiger partial charge in [-0.2, -0.15) is 0 Å². The molecule has 2 aromatic carbocycles. The van der Waals surface area contributed by atoms with Crippen molar-refractivity contribution < 1.29 is 4.79 Å². The van der Waals surface area contributed by atoms with Crippen LogP contribution < -0.4 is 5.32 Å². The molecule has 0 aliphatic rings. The maximum atomic E-state index is 12.2. The molecule has 3 rings (SSSR count). The summed E-state index contributed by atoms with van der Waals surface area (Å²) in [6.07, 6.45) is 0. The molecule has 0 unspecified atom stereocenters. The van der Waals surface area contributed by atoms with E-state index in [9.17, 15) is 4.79 Å². The zero-order valence-electron chi connectivity index (χ0n) is 10.3. The lowest BCUT2D eigenvalue weighted by Crippen LogP contribution is -2.11. The highest BCUT2D eigenvalue weighted by Gasteiger charge is 2.14. The number of carbonyl (C=O) groups excluding carboxylic acids is 1. The van der Waals surface area contributed by atoms with E-state index in [4.69, 9.17) is 0 Å². The topological polar surface area (TPSA) is 54.9 Å². The Hall–Kier alpha value is -2.27. The van der Waals surface area contributed by atoms with Crippen LogP contribution in [0.15, 0.2) is 42.5 Å². The monoisotopic (exact) mass is 269 g/mol. The number of rotatable bonds is 2. The summed E-state index contributed by atoms with van der Waals surface area (Å²) >= 11 is 1.11. The normalized spacial score (nSPS) is 10.6. The Morgan fingerprint density at radius 2 is 1.95 bits per heavy atom. The molecule has 0 fully saturated rings. The quantitative estimate of drug-likeness (QED) is 0.777. The predicted octanol–water partition coefficient (Wildman–Crippen LogP) is 3.25. The Bertz CT molecular complexity index is 746. The second-order valence-corrected chi connectivity index (χ2v) is 4.92. The first-order valence-corrected chi connectivity index (χ1v) is 6.61. The van der Waals surface area contributed by atoms with Crippen LogP contribution >= 0.6 is 11.5 Å². The van der Waals surface area contributed by atoms with Crippen LogP contribution in [0.4, 0.5) is 5.69 Å². The third-order valence-electron chi connectivity index (χ3n) is 2.90. The summed E-state index contributed by atoms with van der Waals surface area (Å²) in [6.45, 7) is 1.78. The lowest BCUT2D eigenvalue weighted by molar-refractivity contribution is 0.103. The Labute approximate surface area is 114 Å². The van der Waals surface area contributed by atoms with Crippen molar-refractivity contribution in [1.82, 2.24) is 9.59 Å². The van der Waals surface area contributed by atoms with Crippen molar-refractivity contribution in [3.8, 4) is 0 Å². The van der Waals surface area contributed by atoms with Crippen LogP contribution in [0, 0.1) is 6.92 Å². The maximum Gasteiger partial charge on any atom is 0.269 e. The number of hydrogen-bond donors (Lipinski definition) is 1. The number of anilines is 1. The Morgan fingerprint density at radius 1 is 1.16 bits per heavy atom. The van der Waals surface area contributed by atoms with Gasteiger partial charge in [-0.25, -0.2) is 0 Å². The van der Waals surface area contributed by atoms with Crippen LogP contribution in [-0.2, 0) is 0 Å². The van der Waals surface area contributed by atoms with Crippen molar-refractivity contribution in [2.45, 2.75) is 6.92 Å². The molecule has 3 aromatic rings. The molecule has 0 aliphatic carbocycles. The van der Waals surface area contributed by atoms with Gasteiger partial charge < -0.3 is 5.32 Å². The number of aryl methyl sites for hydroxylation is 1.